The largest absolute Gasteiger partial charge is 0.495 e. The number of nitrogen functional groups attached to an aromatic ring is 1. The first-order valence-corrected chi connectivity index (χ1v) is 5.94. The van der Waals surface area contributed by atoms with Crippen molar-refractivity contribution in [3.63, 3.8) is 0 Å². The second-order valence-electron chi connectivity index (χ2n) is 3.35. The van der Waals surface area contributed by atoms with Crippen LogP contribution in [0.15, 0.2) is 18.2 Å². The number of rotatable bonds is 4. The number of nitrogens with one attached hydrogen (secondary N) is 1. The van der Waals surface area contributed by atoms with Gasteiger partial charge in [0.2, 0.25) is 0 Å². The molecule has 90 valence electrons. The second-order valence-corrected chi connectivity index (χ2v) is 5.23. The summed E-state index contributed by atoms with van der Waals surface area (Å²) >= 11 is 0. The zero-order valence-corrected chi connectivity index (χ0v) is 10.2. The highest BCUT2D eigenvalue weighted by Gasteiger charge is 2.15. The minimum absolute atomic E-state index is 0.316. The van der Waals surface area contributed by atoms with E-state index in [9.17, 15) is 8.42 Å². The molecule has 0 saturated heterocycles. The highest BCUT2D eigenvalue weighted by molar-refractivity contribution is 7.90. The summed E-state index contributed by atoms with van der Waals surface area (Å²) in [6, 6.07) is 4.73. The number of nitrogens with zero attached hydrogens (tertiary/aromatic N) is 1. The highest BCUT2D eigenvalue weighted by atomic mass is 32.2. The van der Waals surface area contributed by atoms with Crippen molar-refractivity contribution in [1.29, 1.82) is 0 Å². The molecule has 16 heavy (non-hydrogen) atoms. The molecule has 0 spiro atoms. The summed E-state index contributed by atoms with van der Waals surface area (Å²) in [6.07, 6.45) is 0. The zero-order valence-electron chi connectivity index (χ0n) is 9.39. The molecule has 0 unspecified atom stereocenters. The first-order chi connectivity index (χ1) is 7.36. The SMILES string of the molecule is COc1ccc(N)cc1NS(=O)(=O)N(C)C. The normalized spacial score (nSPS) is 11.5. The number of nitrogens with two attached hydrogens (primary N) is 1. The van der Waals surface area contributed by atoms with Gasteiger partial charge in [-0.3, -0.25) is 4.72 Å². The molecule has 0 aromatic heterocycles. The van der Waals surface area contributed by atoms with Gasteiger partial charge in [-0.25, -0.2) is 0 Å². The van der Waals surface area contributed by atoms with Crippen LogP contribution in [-0.2, 0) is 10.2 Å². The maximum Gasteiger partial charge on any atom is 0.301 e. The number of benzene rings is 1. The number of anilines is 2. The number of hydrogen-bond donors (Lipinski definition) is 2. The lowest BCUT2D eigenvalue weighted by molar-refractivity contribution is 0.416. The van der Waals surface area contributed by atoms with Gasteiger partial charge in [-0.15, -0.1) is 0 Å². The van der Waals surface area contributed by atoms with Gasteiger partial charge < -0.3 is 10.5 Å². The molecule has 6 nitrogen and oxygen atoms in total. The van der Waals surface area contributed by atoms with E-state index in [4.69, 9.17) is 10.5 Å². The Morgan fingerprint density at radius 3 is 2.50 bits per heavy atom. The zero-order chi connectivity index (χ0) is 12.3. The quantitative estimate of drug-likeness (QED) is 0.756. The van der Waals surface area contributed by atoms with Crippen LogP contribution in [0.2, 0.25) is 0 Å². The minimum atomic E-state index is -3.55. The number of methoxy groups -OCH3 is 1. The van der Waals surface area contributed by atoms with Gasteiger partial charge in [0, 0.05) is 19.8 Å². The van der Waals surface area contributed by atoms with E-state index < -0.39 is 10.2 Å². The topological polar surface area (TPSA) is 84.7 Å². The summed E-state index contributed by atoms with van der Waals surface area (Å²) in [5, 5.41) is 0. The van der Waals surface area contributed by atoms with Gasteiger partial charge in [0.15, 0.2) is 0 Å². The Kier molecular flexibility index (Phi) is 3.61. The molecule has 7 heteroatoms. The molecule has 0 saturated carbocycles. The molecule has 0 atom stereocenters. The van der Waals surface area contributed by atoms with Gasteiger partial charge in [0.1, 0.15) is 5.75 Å². The van der Waals surface area contributed by atoms with Crippen LogP contribution in [0.3, 0.4) is 0 Å². The van der Waals surface area contributed by atoms with E-state index in [1.807, 2.05) is 0 Å². The van der Waals surface area contributed by atoms with E-state index in [-0.39, 0.29) is 0 Å². The molecule has 0 aliphatic rings. The van der Waals surface area contributed by atoms with Gasteiger partial charge in [-0.1, -0.05) is 0 Å². The van der Waals surface area contributed by atoms with Crippen LogP contribution in [0, 0.1) is 0 Å². The van der Waals surface area contributed by atoms with Crippen molar-refractivity contribution < 1.29 is 13.2 Å². The minimum Gasteiger partial charge on any atom is -0.495 e. The lowest BCUT2D eigenvalue weighted by atomic mass is 10.2. The average Bonchev–Trinajstić information content (AvgIpc) is 2.17. The standard InChI is InChI=1S/C9H15N3O3S/c1-12(2)16(13,14)11-8-6-7(10)4-5-9(8)15-3/h4-6,11H,10H2,1-3H3. The summed E-state index contributed by atoms with van der Waals surface area (Å²) in [4.78, 5) is 0. The average molecular weight is 245 g/mol. The van der Waals surface area contributed by atoms with Crippen molar-refractivity contribution >= 4 is 21.6 Å². The predicted octanol–water partition coefficient (Wildman–Crippen LogP) is 0.496. The summed E-state index contributed by atoms with van der Waals surface area (Å²) < 4.78 is 31.7. The van der Waals surface area contributed by atoms with Crippen LogP contribution in [0.4, 0.5) is 11.4 Å². The molecular formula is C9H15N3O3S. The lowest BCUT2D eigenvalue weighted by Gasteiger charge is -2.15. The van der Waals surface area contributed by atoms with Crippen molar-refractivity contribution in [2.75, 3.05) is 31.7 Å². The van der Waals surface area contributed by atoms with Crippen molar-refractivity contribution in [2.24, 2.45) is 0 Å². The van der Waals surface area contributed by atoms with Crippen molar-refractivity contribution in [3.05, 3.63) is 18.2 Å². The first-order valence-electron chi connectivity index (χ1n) is 4.50. The smallest absolute Gasteiger partial charge is 0.301 e. The fourth-order valence-electron chi connectivity index (χ4n) is 1.04. The Labute approximate surface area is 95.2 Å². The van der Waals surface area contributed by atoms with Crippen molar-refractivity contribution in [2.45, 2.75) is 0 Å². The van der Waals surface area contributed by atoms with Gasteiger partial charge in [0.05, 0.1) is 12.8 Å². The Morgan fingerprint density at radius 1 is 1.38 bits per heavy atom. The van der Waals surface area contributed by atoms with Crippen LogP contribution >= 0.6 is 0 Å². The van der Waals surface area contributed by atoms with E-state index in [0.717, 1.165) is 4.31 Å². The Morgan fingerprint density at radius 2 is 2.00 bits per heavy atom. The summed E-state index contributed by atoms with van der Waals surface area (Å²) in [6.45, 7) is 0. The molecule has 3 N–H and O–H groups in total. The lowest BCUT2D eigenvalue weighted by Crippen LogP contribution is -2.29. The predicted molar refractivity (Wildman–Crippen MR) is 63.6 cm³/mol. The van der Waals surface area contributed by atoms with Gasteiger partial charge >= 0.3 is 10.2 Å². The highest BCUT2D eigenvalue weighted by Crippen LogP contribution is 2.27. The van der Waals surface area contributed by atoms with Crippen LogP contribution in [0.5, 0.6) is 5.75 Å². The van der Waals surface area contributed by atoms with E-state index in [0.29, 0.717) is 17.1 Å². The molecule has 0 radical (unpaired) electrons. The van der Waals surface area contributed by atoms with E-state index >= 15 is 0 Å². The fraction of sp³-hybridized carbons (Fsp3) is 0.333. The summed E-state index contributed by atoms with van der Waals surface area (Å²) in [5.41, 5.74) is 6.34. The number of ether oxygens (including phenoxy) is 1. The third-order valence-electron chi connectivity index (χ3n) is 1.94. The Balaban J connectivity index is 3.10. The molecule has 1 rings (SSSR count). The third-order valence-corrected chi connectivity index (χ3v) is 3.38. The van der Waals surface area contributed by atoms with E-state index in [1.165, 1.54) is 27.3 Å². The third kappa shape index (κ3) is 2.77. The summed E-state index contributed by atoms with van der Waals surface area (Å²) in [7, 11) is 0.768. The van der Waals surface area contributed by atoms with E-state index in [1.54, 1.807) is 12.1 Å². The molecule has 0 heterocycles. The number of hydrogen-bond acceptors (Lipinski definition) is 4. The van der Waals surface area contributed by atoms with Gasteiger partial charge in [0.25, 0.3) is 0 Å². The molecule has 0 bridgehead atoms. The van der Waals surface area contributed by atoms with Crippen LogP contribution in [0.25, 0.3) is 0 Å². The maximum absolute atomic E-state index is 11.6. The first kappa shape index (κ1) is 12.6. The molecule has 0 aliphatic carbocycles. The molecule has 0 aliphatic heterocycles. The molecule has 0 fully saturated rings. The maximum atomic E-state index is 11.6. The molecule has 0 amide bonds. The van der Waals surface area contributed by atoms with Crippen LogP contribution in [0.1, 0.15) is 0 Å². The van der Waals surface area contributed by atoms with Crippen LogP contribution in [-0.4, -0.2) is 33.9 Å². The second kappa shape index (κ2) is 4.58. The fourth-order valence-corrected chi connectivity index (χ4v) is 1.66. The monoisotopic (exact) mass is 245 g/mol. The van der Waals surface area contributed by atoms with Crippen LogP contribution < -0.4 is 15.2 Å². The summed E-state index contributed by atoms with van der Waals surface area (Å²) in [5.74, 6) is 0.416. The van der Waals surface area contributed by atoms with Gasteiger partial charge in [-0.2, -0.15) is 12.7 Å². The Hall–Kier alpha value is -1.47. The van der Waals surface area contributed by atoms with E-state index in [2.05, 4.69) is 4.72 Å². The molecule has 1 aromatic carbocycles. The van der Waals surface area contributed by atoms with Gasteiger partial charge in [-0.05, 0) is 18.2 Å². The molecule has 1 aromatic rings. The van der Waals surface area contributed by atoms with Crippen molar-refractivity contribution in [1.82, 2.24) is 4.31 Å². The molecular weight excluding hydrogens is 230 g/mol. The van der Waals surface area contributed by atoms with Crippen molar-refractivity contribution in [3.8, 4) is 5.75 Å². The Bertz CT molecular complexity index is 471.